The number of fused-ring (bicyclic) bond motifs is 1. The van der Waals surface area contributed by atoms with E-state index in [0.717, 1.165) is 42.9 Å². The summed E-state index contributed by atoms with van der Waals surface area (Å²) in [6.07, 6.45) is 3.64. The summed E-state index contributed by atoms with van der Waals surface area (Å²) >= 11 is 0. The van der Waals surface area contributed by atoms with Crippen LogP contribution in [0.1, 0.15) is 35.2 Å². The average molecular weight is 539 g/mol. The number of aliphatic hydroxyl groups excluding tert-OH is 1. The lowest BCUT2D eigenvalue weighted by atomic mass is 10.0. The Bertz CT molecular complexity index is 1600. The highest BCUT2D eigenvalue weighted by molar-refractivity contribution is 5.97. The zero-order valence-corrected chi connectivity index (χ0v) is 22.2. The topological polar surface area (TPSA) is 121 Å². The Kier molecular flexibility index (Phi) is 7.11. The number of likely N-dealkylation sites (tertiary alicyclic amines) is 1. The lowest BCUT2D eigenvalue weighted by Gasteiger charge is -2.24. The molecule has 0 spiro atoms. The van der Waals surface area contributed by atoms with Gasteiger partial charge in [0.15, 0.2) is 5.58 Å². The van der Waals surface area contributed by atoms with Crippen molar-refractivity contribution in [1.82, 2.24) is 9.88 Å². The van der Waals surface area contributed by atoms with Gasteiger partial charge in [-0.1, -0.05) is 6.07 Å². The summed E-state index contributed by atoms with van der Waals surface area (Å²) in [7, 11) is 1.55. The minimum atomic E-state index is -0.481. The number of pyridine rings is 1. The molecule has 9 heteroatoms. The van der Waals surface area contributed by atoms with Gasteiger partial charge in [-0.25, -0.2) is 0 Å². The lowest BCUT2D eigenvalue weighted by molar-refractivity contribution is 0.0764. The highest BCUT2D eigenvalue weighted by atomic mass is 16.5. The molecule has 2 aromatic heterocycles. The number of carbonyl (C=O) groups is 1. The second kappa shape index (κ2) is 11.0. The number of amides is 1. The molecule has 2 aliphatic rings. The van der Waals surface area contributed by atoms with Crippen LogP contribution in [-0.4, -0.2) is 66.5 Å². The van der Waals surface area contributed by atoms with E-state index in [4.69, 9.17) is 13.9 Å². The van der Waals surface area contributed by atoms with E-state index in [0.29, 0.717) is 58.8 Å². The fourth-order valence-corrected chi connectivity index (χ4v) is 5.43. The van der Waals surface area contributed by atoms with Gasteiger partial charge in [0.05, 0.1) is 30.0 Å². The standard InChI is InChI=1S/C31H30N4O5/c1-38-28-15-20(31(37)35-11-7-23(36)18-35)2-4-25(28)29-16-27-30(40-29)24(6-10-33-27)19-3-5-26(21(14-19)17-32)34-22-8-12-39-13-9-22/h2-6,10,14-16,22-23,34,36H,7-9,11-13,18H2,1H3/t23-/m1/s1. The van der Waals surface area contributed by atoms with Gasteiger partial charge in [-0.05, 0) is 61.2 Å². The quantitative estimate of drug-likeness (QED) is 0.358. The van der Waals surface area contributed by atoms with Gasteiger partial charge >= 0.3 is 0 Å². The summed E-state index contributed by atoms with van der Waals surface area (Å²) in [5.41, 5.74) is 5.50. The van der Waals surface area contributed by atoms with E-state index in [1.54, 1.807) is 36.4 Å². The molecule has 4 aromatic rings. The number of benzene rings is 2. The average Bonchev–Trinajstić information content (AvgIpc) is 3.63. The molecule has 2 aliphatic heterocycles. The number of furan rings is 1. The van der Waals surface area contributed by atoms with Crippen LogP contribution < -0.4 is 10.1 Å². The highest BCUT2D eigenvalue weighted by Crippen LogP contribution is 2.38. The second-order valence-electron chi connectivity index (χ2n) is 10.2. The smallest absolute Gasteiger partial charge is 0.254 e. The number of nitrogens with one attached hydrogen (secondary N) is 1. The van der Waals surface area contributed by atoms with Gasteiger partial charge in [0, 0.05) is 55.7 Å². The number of rotatable bonds is 6. The van der Waals surface area contributed by atoms with Gasteiger partial charge in [-0.15, -0.1) is 0 Å². The number of β-amino-alcohol motifs (C(OH)–C–C–N with tert-alkyl or cyclic N) is 1. The monoisotopic (exact) mass is 538 g/mol. The number of hydrogen-bond acceptors (Lipinski definition) is 8. The summed E-state index contributed by atoms with van der Waals surface area (Å²) in [5, 5.41) is 23.2. The van der Waals surface area contributed by atoms with Gasteiger partial charge in [-0.2, -0.15) is 5.26 Å². The van der Waals surface area contributed by atoms with Crippen LogP contribution in [0.3, 0.4) is 0 Å². The largest absolute Gasteiger partial charge is 0.496 e. The van der Waals surface area contributed by atoms with Gasteiger partial charge in [0.1, 0.15) is 23.1 Å². The van der Waals surface area contributed by atoms with E-state index < -0.39 is 6.10 Å². The van der Waals surface area contributed by atoms with Gasteiger partial charge in [0.2, 0.25) is 0 Å². The molecule has 2 aromatic carbocycles. The van der Waals surface area contributed by atoms with E-state index in [2.05, 4.69) is 16.4 Å². The van der Waals surface area contributed by atoms with Gasteiger partial charge in [-0.3, -0.25) is 9.78 Å². The summed E-state index contributed by atoms with van der Waals surface area (Å²) < 4.78 is 17.4. The number of nitriles is 1. The van der Waals surface area contributed by atoms with Crippen molar-refractivity contribution in [1.29, 1.82) is 5.26 Å². The Labute approximate surface area is 231 Å². The molecule has 0 bridgehead atoms. The van der Waals surface area contributed by atoms with E-state index >= 15 is 0 Å². The van der Waals surface area contributed by atoms with Crippen LogP contribution in [-0.2, 0) is 4.74 Å². The third-order valence-electron chi connectivity index (χ3n) is 7.61. The number of aromatic nitrogens is 1. The van der Waals surface area contributed by atoms with E-state index in [-0.39, 0.29) is 11.9 Å². The third-order valence-corrected chi connectivity index (χ3v) is 7.61. The first-order chi connectivity index (χ1) is 19.5. The maximum atomic E-state index is 12.9. The zero-order chi connectivity index (χ0) is 27.6. The molecule has 0 aliphatic carbocycles. The lowest BCUT2D eigenvalue weighted by Crippen LogP contribution is -2.29. The predicted octanol–water partition coefficient (Wildman–Crippen LogP) is 4.84. The Morgan fingerprint density at radius 1 is 1.12 bits per heavy atom. The number of anilines is 1. The van der Waals surface area contributed by atoms with E-state index in [1.165, 1.54) is 0 Å². The van der Waals surface area contributed by atoms with Crippen LogP contribution in [0.25, 0.3) is 33.6 Å². The Balaban J connectivity index is 1.31. The number of methoxy groups -OCH3 is 1. The Hall–Kier alpha value is -4.39. The van der Waals surface area contributed by atoms with Gasteiger partial charge in [0.25, 0.3) is 5.91 Å². The third kappa shape index (κ3) is 4.99. The van der Waals surface area contributed by atoms with Crippen molar-refractivity contribution in [2.45, 2.75) is 31.4 Å². The molecule has 4 heterocycles. The number of hydrogen-bond donors (Lipinski definition) is 2. The first-order valence-electron chi connectivity index (χ1n) is 13.5. The normalized spacial score (nSPS) is 17.6. The van der Waals surface area contributed by atoms with Gasteiger partial charge < -0.3 is 29.2 Å². The zero-order valence-electron chi connectivity index (χ0n) is 22.2. The maximum absolute atomic E-state index is 12.9. The Morgan fingerprint density at radius 3 is 2.73 bits per heavy atom. The fraction of sp³-hybridized carbons (Fsp3) is 0.323. The molecule has 1 amide bonds. The maximum Gasteiger partial charge on any atom is 0.254 e. The molecule has 2 saturated heterocycles. The molecule has 1 atom stereocenters. The molecule has 0 unspecified atom stereocenters. The second-order valence-corrected chi connectivity index (χ2v) is 10.2. The summed E-state index contributed by atoms with van der Waals surface area (Å²) in [5.74, 6) is 0.917. The van der Waals surface area contributed by atoms with Crippen molar-refractivity contribution in [3.8, 4) is 34.3 Å². The van der Waals surface area contributed by atoms with Crippen LogP contribution in [0.4, 0.5) is 5.69 Å². The van der Waals surface area contributed by atoms with Crippen molar-refractivity contribution < 1.29 is 23.8 Å². The summed E-state index contributed by atoms with van der Waals surface area (Å²) in [4.78, 5) is 19.1. The number of aliphatic hydroxyl groups is 1. The molecule has 2 N–H and O–H groups in total. The van der Waals surface area contributed by atoms with Crippen molar-refractivity contribution in [2.24, 2.45) is 0 Å². The van der Waals surface area contributed by atoms with Crippen LogP contribution >= 0.6 is 0 Å². The fourth-order valence-electron chi connectivity index (χ4n) is 5.43. The number of nitrogens with zero attached hydrogens (tertiary/aromatic N) is 3. The molecular weight excluding hydrogens is 508 g/mol. The van der Waals surface area contributed by atoms with E-state index in [9.17, 15) is 15.2 Å². The van der Waals surface area contributed by atoms with Crippen molar-refractivity contribution in [2.75, 3.05) is 38.7 Å². The van der Waals surface area contributed by atoms with Crippen LogP contribution in [0, 0.1) is 11.3 Å². The minimum Gasteiger partial charge on any atom is -0.496 e. The molecule has 0 radical (unpaired) electrons. The molecular formula is C31H30N4O5. The molecule has 2 fully saturated rings. The predicted molar refractivity (Wildman–Crippen MR) is 150 cm³/mol. The molecule has 40 heavy (non-hydrogen) atoms. The minimum absolute atomic E-state index is 0.141. The van der Waals surface area contributed by atoms with Crippen LogP contribution in [0.5, 0.6) is 5.75 Å². The molecule has 0 saturated carbocycles. The van der Waals surface area contributed by atoms with Crippen molar-refractivity contribution in [3.05, 3.63) is 65.9 Å². The molecule has 204 valence electrons. The van der Waals surface area contributed by atoms with Crippen molar-refractivity contribution in [3.63, 3.8) is 0 Å². The van der Waals surface area contributed by atoms with Crippen LogP contribution in [0.15, 0.2) is 59.1 Å². The van der Waals surface area contributed by atoms with Crippen LogP contribution in [0.2, 0.25) is 0 Å². The number of carbonyl (C=O) groups excluding carboxylic acids is 1. The summed E-state index contributed by atoms with van der Waals surface area (Å²) in [6.45, 7) is 2.31. The van der Waals surface area contributed by atoms with E-state index in [1.807, 2.05) is 30.3 Å². The number of ether oxygens (including phenoxy) is 2. The van der Waals surface area contributed by atoms with Crippen molar-refractivity contribution >= 4 is 22.7 Å². The molecule has 9 nitrogen and oxygen atoms in total. The summed E-state index contributed by atoms with van der Waals surface area (Å²) in [6, 6.07) is 17.4. The Morgan fingerprint density at radius 2 is 1.98 bits per heavy atom. The first kappa shape index (κ1) is 25.9. The highest BCUT2D eigenvalue weighted by Gasteiger charge is 2.26. The molecule has 6 rings (SSSR count). The SMILES string of the molecule is COc1cc(C(=O)N2CC[C@@H](O)C2)ccc1-c1cc2nccc(-c3ccc(NC4CCOCC4)c(C#N)c3)c2o1. The first-order valence-corrected chi connectivity index (χ1v) is 13.5.